The van der Waals surface area contributed by atoms with Gasteiger partial charge in [-0.1, -0.05) is 0 Å². The molecule has 0 spiro atoms. The predicted molar refractivity (Wildman–Crippen MR) is 87.3 cm³/mol. The SMILES string of the molecule is O=C(c1ccn[nH]1)N1CC[C@H]2OCC[C@@H](C(=O)N3CCCCO3)[C@@H]2C1. The molecule has 4 rings (SSSR count). The van der Waals surface area contributed by atoms with E-state index in [-0.39, 0.29) is 29.8 Å². The monoisotopic (exact) mass is 348 g/mol. The molecule has 1 aromatic heterocycles. The van der Waals surface area contributed by atoms with Crippen LogP contribution in [0.25, 0.3) is 0 Å². The molecule has 8 heteroatoms. The molecular formula is C17H24N4O4. The third kappa shape index (κ3) is 3.28. The molecule has 1 aromatic rings. The van der Waals surface area contributed by atoms with E-state index in [9.17, 15) is 9.59 Å². The molecule has 0 radical (unpaired) electrons. The van der Waals surface area contributed by atoms with Crippen molar-refractivity contribution in [1.82, 2.24) is 20.2 Å². The topological polar surface area (TPSA) is 87.8 Å². The molecule has 0 aliphatic carbocycles. The summed E-state index contributed by atoms with van der Waals surface area (Å²) in [5.74, 6) is -0.141. The molecule has 2 amide bonds. The van der Waals surface area contributed by atoms with Crippen LogP contribution in [-0.4, -0.2) is 70.9 Å². The zero-order chi connectivity index (χ0) is 17.2. The van der Waals surface area contributed by atoms with E-state index in [1.165, 1.54) is 5.06 Å². The van der Waals surface area contributed by atoms with Gasteiger partial charge in [0.15, 0.2) is 0 Å². The van der Waals surface area contributed by atoms with Gasteiger partial charge in [0, 0.05) is 44.3 Å². The number of fused-ring (bicyclic) bond motifs is 1. The van der Waals surface area contributed by atoms with E-state index in [4.69, 9.17) is 9.57 Å². The van der Waals surface area contributed by atoms with Gasteiger partial charge < -0.3 is 9.64 Å². The van der Waals surface area contributed by atoms with Crippen LogP contribution in [-0.2, 0) is 14.4 Å². The smallest absolute Gasteiger partial charge is 0.271 e. The van der Waals surface area contributed by atoms with E-state index in [1.54, 1.807) is 17.2 Å². The van der Waals surface area contributed by atoms with Crippen LogP contribution in [0.2, 0.25) is 0 Å². The number of rotatable bonds is 2. The molecule has 3 atom stereocenters. The number of nitrogens with one attached hydrogen (secondary N) is 1. The Bertz CT molecular complexity index is 614. The summed E-state index contributed by atoms with van der Waals surface area (Å²) in [7, 11) is 0. The summed E-state index contributed by atoms with van der Waals surface area (Å²) < 4.78 is 5.90. The van der Waals surface area contributed by atoms with Gasteiger partial charge in [-0.25, -0.2) is 5.06 Å². The molecule has 136 valence electrons. The molecule has 3 fully saturated rings. The Morgan fingerprint density at radius 2 is 2.12 bits per heavy atom. The van der Waals surface area contributed by atoms with Crippen molar-refractivity contribution in [1.29, 1.82) is 0 Å². The number of piperidine rings is 1. The fourth-order valence-electron chi connectivity index (χ4n) is 4.11. The molecule has 3 aliphatic heterocycles. The Morgan fingerprint density at radius 1 is 1.20 bits per heavy atom. The summed E-state index contributed by atoms with van der Waals surface area (Å²) in [6.07, 6.45) is 5.03. The summed E-state index contributed by atoms with van der Waals surface area (Å²) in [6.45, 7) is 3.03. The first-order valence-electron chi connectivity index (χ1n) is 9.08. The van der Waals surface area contributed by atoms with Gasteiger partial charge in [-0.2, -0.15) is 5.10 Å². The van der Waals surface area contributed by atoms with Crippen molar-refractivity contribution in [2.24, 2.45) is 11.8 Å². The van der Waals surface area contributed by atoms with Crippen LogP contribution in [0.5, 0.6) is 0 Å². The molecule has 0 aromatic carbocycles. The van der Waals surface area contributed by atoms with E-state index < -0.39 is 0 Å². The zero-order valence-corrected chi connectivity index (χ0v) is 14.2. The standard InChI is InChI=1S/C17H24N4O4/c22-16(21-7-1-2-9-25-21)12-5-10-24-15-4-8-20(11-13(12)15)17(23)14-3-6-18-19-14/h3,6,12-13,15H,1-2,4-5,7-11H2,(H,18,19)/t12-,13+,15-/m1/s1. The third-order valence-corrected chi connectivity index (χ3v) is 5.45. The van der Waals surface area contributed by atoms with E-state index >= 15 is 0 Å². The van der Waals surface area contributed by atoms with Crippen molar-refractivity contribution >= 4 is 11.8 Å². The van der Waals surface area contributed by atoms with Crippen LogP contribution in [0.4, 0.5) is 0 Å². The zero-order valence-electron chi connectivity index (χ0n) is 14.2. The molecule has 25 heavy (non-hydrogen) atoms. The fraction of sp³-hybridized carbons (Fsp3) is 0.706. The van der Waals surface area contributed by atoms with Gasteiger partial charge in [0.2, 0.25) is 5.91 Å². The minimum Gasteiger partial charge on any atom is -0.378 e. The van der Waals surface area contributed by atoms with Gasteiger partial charge in [0.1, 0.15) is 5.69 Å². The van der Waals surface area contributed by atoms with Crippen molar-refractivity contribution in [2.75, 3.05) is 32.8 Å². The fourth-order valence-corrected chi connectivity index (χ4v) is 4.11. The largest absolute Gasteiger partial charge is 0.378 e. The number of hydrogen-bond donors (Lipinski definition) is 1. The number of hydroxylamine groups is 2. The van der Waals surface area contributed by atoms with Crippen LogP contribution in [0.15, 0.2) is 12.3 Å². The highest BCUT2D eigenvalue weighted by Gasteiger charge is 2.44. The lowest BCUT2D eigenvalue weighted by molar-refractivity contribution is -0.209. The van der Waals surface area contributed by atoms with Crippen molar-refractivity contribution in [3.05, 3.63) is 18.0 Å². The summed E-state index contributed by atoms with van der Waals surface area (Å²) in [6, 6.07) is 1.68. The van der Waals surface area contributed by atoms with Crippen LogP contribution in [0.3, 0.4) is 0 Å². The Labute approximate surface area is 146 Å². The lowest BCUT2D eigenvalue weighted by atomic mass is 9.78. The van der Waals surface area contributed by atoms with E-state index in [0.29, 0.717) is 45.0 Å². The number of H-pyrrole nitrogens is 1. The van der Waals surface area contributed by atoms with Crippen molar-refractivity contribution in [2.45, 2.75) is 31.8 Å². The maximum absolute atomic E-state index is 12.9. The number of likely N-dealkylation sites (tertiary alicyclic amines) is 1. The first kappa shape index (κ1) is 16.5. The van der Waals surface area contributed by atoms with Gasteiger partial charge in [-0.05, 0) is 31.7 Å². The second-order valence-electron chi connectivity index (χ2n) is 6.96. The Balaban J connectivity index is 1.47. The van der Waals surface area contributed by atoms with Gasteiger partial charge in [-0.15, -0.1) is 0 Å². The van der Waals surface area contributed by atoms with Crippen LogP contribution in [0, 0.1) is 11.8 Å². The highest BCUT2D eigenvalue weighted by molar-refractivity contribution is 5.92. The van der Waals surface area contributed by atoms with Gasteiger partial charge in [0.05, 0.1) is 12.7 Å². The first-order valence-corrected chi connectivity index (χ1v) is 9.08. The molecule has 1 N–H and O–H groups in total. The highest BCUT2D eigenvalue weighted by Crippen LogP contribution is 2.35. The number of hydrogen-bond acceptors (Lipinski definition) is 5. The Hall–Kier alpha value is -1.93. The van der Waals surface area contributed by atoms with Crippen molar-refractivity contribution in [3.8, 4) is 0 Å². The number of aromatic nitrogens is 2. The average molecular weight is 348 g/mol. The van der Waals surface area contributed by atoms with Crippen molar-refractivity contribution in [3.63, 3.8) is 0 Å². The van der Waals surface area contributed by atoms with E-state index in [2.05, 4.69) is 10.2 Å². The molecule has 4 heterocycles. The highest BCUT2D eigenvalue weighted by atomic mass is 16.7. The molecule has 3 aliphatic rings. The molecule has 0 unspecified atom stereocenters. The molecule has 3 saturated heterocycles. The maximum atomic E-state index is 12.9. The quantitative estimate of drug-likeness (QED) is 0.855. The lowest BCUT2D eigenvalue weighted by Crippen LogP contribution is -2.55. The number of aromatic amines is 1. The second kappa shape index (κ2) is 7.13. The first-order chi connectivity index (χ1) is 12.2. The van der Waals surface area contributed by atoms with Gasteiger partial charge in [0.25, 0.3) is 5.91 Å². The van der Waals surface area contributed by atoms with Crippen LogP contribution >= 0.6 is 0 Å². The number of nitrogens with zero attached hydrogens (tertiary/aromatic N) is 3. The molecular weight excluding hydrogens is 324 g/mol. The third-order valence-electron chi connectivity index (χ3n) is 5.45. The second-order valence-corrected chi connectivity index (χ2v) is 6.96. The predicted octanol–water partition coefficient (Wildman–Crippen LogP) is 0.831. The number of carbonyl (C=O) groups is 2. The molecule has 0 bridgehead atoms. The molecule has 0 saturated carbocycles. The summed E-state index contributed by atoms with van der Waals surface area (Å²) in [4.78, 5) is 32.9. The normalized spacial score (nSPS) is 30.0. The van der Waals surface area contributed by atoms with E-state index in [1.807, 2.05) is 0 Å². The number of amides is 2. The van der Waals surface area contributed by atoms with Crippen LogP contribution in [0.1, 0.15) is 36.2 Å². The minimum absolute atomic E-state index is 0.0207. The van der Waals surface area contributed by atoms with E-state index in [0.717, 1.165) is 19.3 Å². The summed E-state index contributed by atoms with van der Waals surface area (Å²) in [5.41, 5.74) is 0.484. The van der Waals surface area contributed by atoms with Gasteiger partial charge >= 0.3 is 0 Å². The maximum Gasteiger partial charge on any atom is 0.271 e. The van der Waals surface area contributed by atoms with Crippen LogP contribution < -0.4 is 0 Å². The number of ether oxygens (including phenoxy) is 1. The number of carbonyl (C=O) groups excluding carboxylic acids is 2. The lowest BCUT2D eigenvalue weighted by Gasteiger charge is -2.45. The minimum atomic E-state index is -0.144. The van der Waals surface area contributed by atoms with Gasteiger partial charge in [-0.3, -0.25) is 19.5 Å². The Kier molecular flexibility index (Phi) is 4.72. The summed E-state index contributed by atoms with van der Waals surface area (Å²) in [5, 5.41) is 8.11. The van der Waals surface area contributed by atoms with Crippen molar-refractivity contribution < 1.29 is 19.2 Å². The summed E-state index contributed by atoms with van der Waals surface area (Å²) >= 11 is 0. The average Bonchev–Trinajstić information content (AvgIpc) is 3.21. The molecule has 8 nitrogen and oxygen atoms in total. The Morgan fingerprint density at radius 3 is 2.88 bits per heavy atom.